The predicted molar refractivity (Wildman–Crippen MR) is 148 cm³/mol. The number of nitrogens with zero attached hydrogens (tertiary/aromatic N) is 2. The van der Waals surface area contributed by atoms with Crippen LogP contribution in [0.3, 0.4) is 0 Å². The molecule has 38 heavy (non-hydrogen) atoms. The number of nitrogens with one attached hydrogen (secondary N) is 2. The fourth-order valence-corrected chi connectivity index (χ4v) is 5.41. The molecule has 0 saturated heterocycles. The number of aromatic nitrogens is 1. The number of esters is 1. The van der Waals surface area contributed by atoms with Crippen LogP contribution in [0.5, 0.6) is 0 Å². The van der Waals surface area contributed by atoms with Gasteiger partial charge in [-0.2, -0.15) is 0 Å². The van der Waals surface area contributed by atoms with Crippen molar-refractivity contribution in [3.8, 4) is 0 Å². The van der Waals surface area contributed by atoms with Gasteiger partial charge < -0.3 is 15.4 Å². The highest BCUT2D eigenvalue weighted by Crippen LogP contribution is 2.28. The van der Waals surface area contributed by atoms with Crippen LogP contribution >= 0.6 is 27.3 Å². The molecule has 2 heterocycles. The van der Waals surface area contributed by atoms with Gasteiger partial charge in [-0.3, -0.25) is 14.5 Å². The molecule has 0 bridgehead atoms. The molecule has 2 N–H and O–H groups in total. The minimum atomic E-state index is -0.541. The number of aryl methyl sites for hydroxylation is 1. The van der Waals surface area contributed by atoms with Gasteiger partial charge in [0.25, 0.3) is 5.91 Å². The Kier molecular flexibility index (Phi) is 8.91. The molecule has 3 aromatic rings. The summed E-state index contributed by atoms with van der Waals surface area (Å²) in [4.78, 5) is 45.8. The van der Waals surface area contributed by atoms with E-state index < -0.39 is 11.8 Å². The first-order valence-corrected chi connectivity index (χ1v) is 13.8. The van der Waals surface area contributed by atoms with Crippen LogP contribution in [-0.4, -0.2) is 47.4 Å². The number of benzene rings is 2. The van der Waals surface area contributed by atoms with E-state index in [2.05, 4.69) is 50.3 Å². The number of hydrogen-bond acceptors (Lipinski definition) is 7. The summed E-state index contributed by atoms with van der Waals surface area (Å²) in [5.74, 6) is -1.71. The highest BCUT2D eigenvalue weighted by molar-refractivity contribution is 9.10. The first-order valence-electron chi connectivity index (χ1n) is 12.1. The molecule has 1 aliphatic rings. The van der Waals surface area contributed by atoms with E-state index in [0.29, 0.717) is 32.5 Å². The molecule has 0 saturated carbocycles. The fourth-order valence-electron chi connectivity index (χ4n) is 4.13. The van der Waals surface area contributed by atoms with E-state index in [1.165, 1.54) is 36.6 Å². The Labute approximate surface area is 232 Å². The van der Waals surface area contributed by atoms with Crippen molar-refractivity contribution in [2.75, 3.05) is 24.3 Å². The summed E-state index contributed by atoms with van der Waals surface area (Å²) in [5.41, 5.74) is 2.62. The molecule has 2 aromatic carbocycles. The van der Waals surface area contributed by atoms with E-state index in [0.717, 1.165) is 30.1 Å². The predicted octanol–water partition coefficient (Wildman–Crippen LogP) is 5.42. The third-order valence-electron chi connectivity index (χ3n) is 6.29. The van der Waals surface area contributed by atoms with E-state index in [9.17, 15) is 18.8 Å². The summed E-state index contributed by atoms with van der Waals surface area (Å²) >= 11 is 4.46. The average molecular weight is 604 g/mol. The van der Waals surface area contributed by atoms with Crippen LogP contribution < -0.4 is 10.6 Å². The largest absolute Gasteiger partial charge is 0.465 e. The molecule has 200 valence electrons. The Hall–Kier alpha value is -3.15. The zero-order valence-corrected chi connectivity index (χ0v) is 23.7. The number of methoxy groups -OCH3 is 1. The molecule has 4 rings (SSSR count). The molecule has 0 unspecified atom stereocenters. The molecule has 0 spiro atoms. The van der Waals surface area contributed by atoms with Crippen LogP contribution in [0, 0.1) is 5.82 Å². The second-order valence-corrected chi connectivity index (χ2v) is 11.1. The lowest BCUT2D eigenvalue weighted by atomic mass is 10.0. The van der Waals surface area contributed by atoms with Crippen molar-refractivity contribution < 1.29 is 23.5 Å². The summed E-state index contributed by atoms with van der Waals surface area (Å²) < 4.78 is 18.9. The molecule has 0 radical (unpaired) electrons. The Morgan fingerprint density at radius 3 is 2.68 bits per heavy atom. The molecule has 11 heteroatoms. The average Bonchev–Trinajstić information content (AvgIpc) is 3.33. The number of carbonyl (C=O) groups excluding carboxylic acids is 3. The number of anilines is 2. The molecule has 0 fully saturated rings. The van der Waals surface area contributed by atoms with Gasteiger partial charge in [0.05, 0.1) is 22.8 Å². The summed E-state index contributed by atoms with van der Waals surface area (Å²) in [6.45, 7) is 5.95. The SMILES string of the molecule is COC(=O)c1ccc(CCC(=O)Nc2ccc(Br)c(F)c2)c(NC(=O)c2nc3c(s2)CN(C(C)C)CC3)c1. The van der Waals surface area contributed by atoms with Crippen LogP contribution in [0.4, 0.5) is 15.8 Å². The van der Waals surface area contributed by atoms with Crippen molar-refractivity contribution in [2.24, 2.45) is 0 Å². The van der Waals surface area contributed by atoms with Crippen LogP contribution in [0.25, 0.3) is 0 Å². The summed E-state index contributed by atoms with van der Waals surface area (Å²) in [6.07, 6.45) is 1.14. The summed E-state index contributed by atoms with van der Waals surface area (Å²) in [6, 6.07) is 9.55. The van der Waals surface area contributed by atoms with Gasteiger partial charge in [0.1, 0.15) is 5.82 Å². The van der Waals surface area contributed by atoms with Gasteiger partial charge in [0.15, 0.2) is 5.01 Å². The topological polar surface area (TPSA) is 101 Å². The Morgan fingerprint density at radius 2 is 1.97 bits per heavy atom. The number of fused-ring (bicyclic) bond motifs is 1. The van der Waals surface area contributed by atoms with Gasteiger partial charge in [-0.25, -0.2) is 14.2 Å². The third-order valence-corrected chi connectivity index (χ3v) is 8.01. The van der Waals surface area contributed by atoms with Gasteiger partial charge in [-0.15, -0.1) is 11.3 Å². The first-order chi connectivity index (χ1) is 18.1. The van der Waals surface area contributed by atoms with Crippen molar-refractivity contribution in [3.05, 3.63) is 73.4 Å². The Balaban J connectivity index is 1.49. The number of ether oxygens (including phenoxy) is 1. The molecule has 0 aliphatic carbocycles. The normalized spacial score (nSPS) is 13.2. The van der Waals surface area contributed by atoms with Crippen LogP contribution in [0.2, 0.25) is 0 Å². The zero-order valence-electron chi connectivity index (χ0n) is 21.3. The second-order valence-electron chi connectivity index (χ2n) is 9.20. The maximum atomic E-state index is 13.8. The van der Waals surface area contributed by atoms with E-state index in [1.54, 1.807) is 18.2 Å². The third kappa shape index (κ3) is 6.64. The monoisotopic (exact) mass is 602 g/mol. The number of halogens is 2. The number of amides is 2. The van der Waals surface area contributed by atoms with Crippen molar-refractivity contribution in [3.63, 3.8) is 0 Å². The minimum absolute atomic E-state index is 0.0781. The highest BCUT2D eigenvalue weighted by atomic mass is 79.9. The summed E-state index contributed by atoms with van der Waals surface area (Å²) in [5, 5.41) is 5.90. The lowest BCUT2D eigenvalue weighted by molar-refractivity contribution is -0.116. The number of thiazole rings is 1. The number of rotatable bonds is 8. The standard InChI is InChI=1S/C27H28BrFN4O4S/c1-15(2)33-11-10-21-23(14-33)38-26(32-21)25(35)31-22-12-17(27(36)37-3)5-4-16(22)6-9-24(34)30-18-7-8-19(28)20(29)13-18/h4-5,7-8,12-13,15H,6,9-11,14H2,1-3H3,(H,30,34)(H,31,35). The van der Waals surface area contributed by atoms with Gasteiger partial charge in [-0.1, -0.05) is 6.07 Å². The Morgan fingerprint density at radius 1 is 1.18 bits per heavy atom. The molecule has 0 atom stereocenters. The van der Waals surface area contributed by atoms with E-state index in [-0.39, 0.29) is 30.2 Å². The quantitative estimate of drug-likeness (QED) is 0.334. The van der Waals surface area contributed by atoms with E-state index in [4.69, 9.17) is 4.74 Å². The van der Waals surface area contributed by atoms with Gasteiger partial charge >= 0.3 is 5.97 Å². The van der Waals surface area contributed by atoms with Crippen molar-refractivity contribution in [1.82, 2.24) is 9.88 Å². The molecule has 2 amide bonds. The fraction of sp³-hybridized carbons (Fsp3) is 0.333. The van der Waals surface area contributed by atoms with Gasteiger partial charge in [0, 0.05) is 48.2 Å². The second kappa shape index (κ2) is 12.1. The first kappa shape index (κ1) is 27.9. The van der Waals surface area contributed by atoms with Crippen molar-refractivity contribution in [1.29, 1.82) is 0 Å². The van der Waals surface area contributed by atoms with Crippen LogP contribution in [0.1, 0.15) is 56.6 Å². The van der Waals surface area contributed by atoms with Gasteiger partial charge in [0.2, 0.25) is 5.91 Å². The molecule has 1 aliphatic heterocycles. The molecule has 8 nitrogen and oxygen atoms in total. The lowest BCUT2D eigenvalue weighted by Gasteiger charge is -2.29. The summed E-state index contributed by atoms with van der Waals surface area (Å²) in [7, 11) is 1.28. The molecule has 1 aromatic heterocycles. The number of hydrogen-bond donors (Lipinski definition) is 2. The Bertz CT molecular complexity index is 1380. The maximum absolute atomic E-state index is 13.8. The molecular weight excluding hydrogens is 575 g/mol. The van der Waals surface area contributed by atoms with E-state index >= 15 is 0 Å². The minimum Gasteiger partial charge on any atom is -0.465 e. The smallest absolute Gasteiger partial charge is 0.337 e. The van der Waals surface area contributed by atoms with Crippen molar-refractivity contribution in [2.45, 2.75) is 45.7 Å². The zero-order chi connectivity index (χ0) is 27.4. The van der Waals surface area contributed by atoms with Crippen LogP contribution in [-0.2, 0) is 28.9 Å². The lowest BCUT2D eigenvalue weighted by Crippen LogP contribution is -2.35. The van der Waals surface area contributed by atoms with E-state index in [1.807, 2.05) is 0 Å². The highest BCUT2D eigenvalue weighted by Gasteiger charge is 2.25. The molecular formula is C27H28BrFN4O4S. The van der Waals surface area contributed by atoms with Crippen molar-refractivity contribution >= 4 is 56.4 Å². The number of carbonyl (C=O) groups is 3. The van der Waals surface area contributed by atoms with Crippen LogP contribution in [0.15, 0.2) is 40.9 Å². The van der Waals surface area contributed by atoms with Gasteiger partial charge in [-0.05, 0) is 72.1 Å². The maximum Gasteiger partial charge on any atom is 0.337 e.